The maximum Gasteiger partial charge on any atom is 0.337 e. The third kappa shape index (κ3) is 2.60. The smallest absolute Gasteiger partial charge is 0.337 e. The van der Waals surface area contributed by atoms with Gasteiger partial charge in [0.15, 0.2) is 0 Å². The maximum absolute atomic E-state index is 11.0. The number of hydrogen-bond acceptors (Lipinski definition) is 2. The highest BCUT2D eigenvalue weighted by molar-refractivity contribution is 6.27. The van der Waals surface area contributed by atoms with Gasteiger partial charge in [-0.3, -0.25) is 0 Å². The Morgan fingerprint density at radius 3 is 2.46 bits per heavy atom. The van der Waals surface area contributed by atoms with Gasteiger partial charge in [-0.1, -0.05) is 23.7 Å². The van der Waals surface area contributed by atoms with Gasteiger partial charge in [-0.15, -0.1) is 0 Å². The van der Waals surface area contributed by atoms with Crippen LogP contribution in [-0.4, -0.2) is 13.1 Å². The van der Waals surface area contributed by atoms with E-state index < -0.39 is 0 Å². The lowest BCUT2D eigenvalue weighted by Gasteiger charge is -1.98. The maximum atomic E-state index is 11.0. The van der Waals surface area contributed by atoms with Crippen molar-refractivity contribution >= 4 is 23.6 Å². The summed E-state index contributed by atoms with van der Waals surface area (Å²) in [6.45, 7) is 0. The molecule has 0 aliphatic rings. The fourth-order valence-corrected chi connectivity index (χ4v) is 1.07. The molecular weight excluding hydrogens is 188 g/mol. The molecular formula is C10H9ClO2. The Kier molecular flexibility index (Phi) is 3.53. The van der Waals surface area contributed by atoms with Crippen LogP contribution in [0.15, 0.2) is 29.8 Å². The molecule has 2 nitrogen and oxygen atoms in total. The molecule has 0 spiro atoms. The van der Waals surface area contributed by atoms with Gasteiger partial charge in [0.2, 0.25) is 0 Å². The molecule has 0 amide bonds. The van der Waals surface area contributed by atoms with Gasteiger partial charge in [-0.25, -0.2) is 4.79 Å². The van der Waals surface area contributed by atoms with Crippen LogP contribution in [0.2, 0.25) is 0 Å². The van der Waals surface area contributed by atoms with Crippen molar-refractivity contribution < 1.29 is 9.53 Å². The molecule has 1 aromatic carbocycles. The monoisotopic (exact) mass is 196 g/mol. The standard InChI is InChI=1S/C10H9ClO2/c1-13-10(12)9-4-2-8(3-5-9)6-7-11/h2-7H,1H3/b7-6-. The van der Waals surface area contributed by atoms with Crippen molar-refractivity contribution in [3.63, 3.8) is 0 Å². The first-order valence-corrected chi connectivity index (χ1v) is 4.16. The van der Waals surface area contributed by atoms with Crippen LogP contribution < -0.4 is 0 Å². The van der Waals surface area contributed by atoms with E-state index in [4.69, 9.17) is 11.6 Å². The third-order valence-electron chi connectivity index (χ3n) is 1.59. The van der Waals surface area contributed by atoms with E-state index in [2.05, 4.69) is 4.74 Å². The molecule has 0 aromatic heterocycles. The first kappa shape index (κ1) is 9.81. The second-order valence-electron chi connectivity index (χ2n) is 2.41. The van der Waals surface area contributed by atoms with Crippen molar-refractivity contribution in [2.45, 2.75) is 0 Å². The lowest BCUT2D eigenvalue weighted by atomic mass is 10.1. The zero-order chi connectivity index (χ0) is 9.68. The topological polar surface area (TPSA) is 26.3 Å². The Morgan fingerprint density at radius 2 is 2.00 bits per heavy atom. The van der Waals surface area contributed by atoms with Crippen LogP contribution in [0.3, 0.4) is 0 Å². The highest BCUT2D eigenvalue weighted by Crippen LogP contribution is 2.07. The summed E-state index contributed by atoms with van der Waals surface area (Å²) in [6.07, 6.45) is 1.74. The van der Waals surface area contributed by atoms with Gasteiger partial charge in [-0.05, 0) is 23.8 Å². The minimum absolute atomic E-state index is 0.332. The highest BCUT2D eigenvalue weighted by Gasteiger charge is 2.02. The summed E-state index contributed by atoms with van der Waals surface area (Å²) in [5.74, 6) is -0.332. The molecule has 0 fully saturated rings. The molecule has 0 saturated carbocycles. The number of carbonyl (C=O) groups is 1. The predicted octanol–water partition coefficient (Wildman–Crippen LogP) is 2.68. The number of ether oxygens (including phenoxy) is 1. The number of halogens is 1. The van der Waals surface area contributed by atoms with E-state index in [0.717, 1.165) is 5.56 Å². The van der Waals surface area contributed by atoms with E-state index in [1.54, 1.807) is 30.3 Å². The summed E-state index contributed by atoms with van der Waals surface area (Å²) in [5, 5.41) is 0. The molecule has 0 atom stereocenters. The average molecular weight is 197 g/mol. The van der Waals surface area contributed by atoms with Crippen LogP contribution in [0, 0.1) is 0 Å². The Labute approximate surface area is 81.8 Å². The van der Waals surface area contributed by atoms with Crippen molar-refractivity contribution in [2.75, 3.05) is 7.11 Å². The minimum Gasteiger partial charge on any atom is -0.465 e. The number of rotatable bonds is 2. The van der Waals surface area contributed by atoms with Crippen molar-refractivity contribution in [1.29, 1.82) is 0 Å². The average Bonchev–Trinajstić information content (AvgIpc) is 2.18. The third-order valence-corrected chi connectivity index (χ3v) is 1.71. The molecule has 1 aromatic rings. The quantitative estimate of drug-likeness (QED) is 0.680. The normalized spacial score (nSPS) is 10.3. The van der Waals surface area contributed by atoms with E-state index in [9.17, 15) is 4.79 Å². The lowest BCUT2D eigenvalue weighted by molar-refractivity contribution is 0.0601. The van der Waals surface area contributed by atoms with Gasteiger partial charge >= 0.3 is 5.97 Å². The minimum atomic E-state index is -0.332. The molecule has 0 unspecified atom stereocenters. The fraction of sp³-hybridized carbons (Fsp3) is 0.100. The number of esters is 1. The van der Waals surface area contributed by atoms with Gasteiger partial charge in [-0.2, -0.15) is 0 Å². The van der Waals surface area contributed by atoms with Crippen molar-refractivity contribution in [1.82, 2.24) is 0 Å². The van der Waals surface area contributed by atoms with Gasteiger partial charge < -0.3 is 4.74 Å². The van der Waals surface area contributed by atoms with Crippen LogP contribution in [0.1, 0.15) is 15.9 Å². The van der Waals surface area contributed by atoms with E-state index >= 15 is 0 Å². The molecule has 68 valence electrons. The Bertz CT molecular complexity index is 314. The predicted molar refractivity (Wildman–Crippen MR) is 52.7 cm³/mol. The van der Waals surface area contributed by atoms with Crippen LogP contribution in [0.4, 0.5) is 0 Å². The Balaban J connectivity index is 2.87. The molecule has 1 rings (SSSR count). The van der Waals surface area contributed by atoms with Crippen LogP contribution in [0.5, 0.6) is 0 Å². The lowest BCUT2D eigenvalue weighted by Crippen LogP contribution is -2.00. The Morgan fingerprint density at radius 1 is 1.38 bits per heavy atom. The van der Waals surface area contributed by atoms with E-state index in [1.807, 2.05) is 0 Å². The SMILES string of the molecule is COC(=O)c1ccc(/C=C\Cl)cc1. The molecule has 13 heavy (non-hydrogen) atoms. The summed E-state index contributed by atoms with van der Waals surface area (Å²) in [6, 6.07) is 6.98. The first-order valence-electron chi connectivity index (χ1n) is 3.73. The number of hydrogen-bond donors (Lipinski definition) is 0. The fourth-order valence-electron chi connectivity index (χ4n) is 0.921. The summed E-state index contributed by atoms with van der Waals surface area (Å²) in [4.78, 5) is 11.0. The van der Waals surface area contributed by atoms with E-state index in [1.165, 1.54) is 12.6 Å². The molecule has 0 radical (unpaired) electrons. The number of benzene rings is 1. The van der Waals surface area contributed by atoms with E-state index in [0.29, 0.717) is 5.56 Å². The largest absolute Gasteiger partial charge is 0.465 e. The summed E-state index contributed by atoms with van der Waals surface area (Å²) >= 11 is 5.39. The van der Waals surface area contributed by atoms with Gasteiger partial charge in [0.05, 0.1) is 12.7 Å². The zero-order valence-corrected chi connectivity index (χ0v) is 7.91. The summed E-state index contributed by atoms with van der Waals surface area (Å²) in [7, 11) is 1.36. The Hall–Kier alpha value is -1.28. The molecule has 0 aliphatic heterocycles. The van der Waals surface area contributed by atoms with Crippen LogP contribution >= 0.6 is 11.6 Å². The van der Waals surface area contributed by atoms with Gasteiger partial charge in [0, 0.05) is 5.54 Å². The number of carbonyl (C=O) groups excluding carboxylic acids is 1. The first-order chi connectivity index (χ1) is 6.27. The second kappa shape index (κ2) is 4.67. The zero-order valence-electron chi connectivity index (χ0n) is 7.16. The molecule has 0 aliphatic carbocycles. The highest BCUT2D eigenvalue weighted by atomic mass is 35.5. The van der Waals surface area contributed by atoms with Gasteiger partial charge in [0.1, 0.15) is 0 Å². The molecule has 0 bridgehead atoms. The number of methoxy groups -OCH3 is 1. The summed E-state index contributed by atoms with van der Waals surface area (Å²) < 4.78 is 4.55. The molecule has 0 N–H and O–H groups in total. The van der Waals surface area contributed by atoms with Crippen LogP contribution in [0.25, 0.3) is 6.08 Å². The molecule has 3 heteroatoms. The molecule has 0 heterocycles. The van der Waals surface area contributed by atoms with Gasteiger partial charge in [0.25, 0.3) is 0 Å². The van der Waals surface area contributed by atoms with Crippen molar-refractivity contribution in [3.05, 3.63) is 40.9 Å². The van der Waals surface area contributed by atoms with Crippen molar-refractivity contribution in [2.24, 2.45) is 0 Å². The van der Waals surface area contributed by atoms with Crippen LogP contribution in [-0.2, 0) is 4.74 Å². The van der Waals surface area contributed by atoms with E-state index in [-0.39, 0.29) is 5.97 Å². The summed E-state index contributed by atoms with van der Waals surface area (Å²) in [5.41, 5.74) is 2.91. The second-order valence-corrected chi connectivity index (χ2v) is 2.66. The van der Waals surface area contributed by atoms with Crippen molar-refractivity contribution in [3.8, 4) is 0 Å². The molecule has 0 saturated heterocycles.